The van der Waals surface area contributed by atoms with Crippen molar-refractivity contribution in [2.24, 2.45) is 7.05 Å². The molecule has 0 bridgehead atoms. The Hall–Kier alpha value is -3.53. The first-order valence-electron chi connectivity index (χ1n) is 10.3. The Kier molecular flexibility index (Phi) is 8.31. The van der Waals surface area contributed by atoms with Crippen LogP contribution in [-0.2, 0) is 23.1 Å². The van der Waals surface area contributed by atoms with E-state index in [0.29, 0.717) is 22.4 Å². The van der Waals surface area contributed by atoms with E-state index in [1.54, 1.807) is 30.9 Å². The number of hydrogen-bond acceptors (Lipinski definition) is 7. The third-order valence-electron chi connectivity index (χ3n) is 4.87. The molecule has 1 atom stereocenters. The van der Waals surface area contributed by atoms with Gasteiger partial charge in [-0.2, -0.15) is 0 Å². The van der Waals surface area contributed by atoms with Crippen LogP contribution in [0.4, 0.5) is 5.69 Å². The highest BCUT2D eigenvalue weighted by Crippen LogP contribution is 2.24. The van der Waals surface area contributed by atoms with Crippen molar-refractivity contribution in [1.29, 1.82) is 0 Å². The number of nitrogens with zero attached hydrogens (tertiary/aromatic N) is 3. The number of hydrogen-bond donors (Lipinski definition) is 2. The maximum absolute atomic E-state index is 12.4. The predicted molar refractivity (Wildman–Crippen MR) is 127 cm³/mol. The van der Waals surface area contributed by atoms with Crippen molar-refractivity contribution < 1.29 is 19.1 Å². The van der Waals surface area contributed by atoms with E-state index in [2.05, 4.69) is 20.8 Å². The quantitative estimate of drug-likeness (QED) is 0.440. The third-order valence-corrected chi connectivity index (χ3v) is 5.89. The van der Waals surface area contributed by atoms with Gasteiger partial charge in [-0.05, 0) is 36.8 Å². The van der Waals surface area contributed by atoms with Crippen LogP contribution < -0.4 is 20.1 Å². The summed E-state index contributed by atoms with van der Waals surface area (Å²) < 4.78 is 12.2. The molecule has 0 spiro atoms. The molecule has 3 rings (SSSR count). The van der Waals surface area contributed by atoms with Crippen molar-refractivity contribution >= 4 is 29.3 Å². The van der Waals surface area contributed by atoms with E-state index in [4.69, 9.17) is 9.47 Å². The molecule has 3 aromatic rings. The van der Waals surface area contributed by atoms with Gasteiger partial charge in [-0.1, -0.05) is 36.0 Å². The zero-order valence-corrected chi connectivity index (χ0v) is 19.8. The average molecular weight is 470 g/mol. The normalized spacial score (nSPS) is 11.5. The van der Waals surface area contributed by atoms with E-state index in [1.807, 2.05) is 50.4 Å². The molecule has 0 fully saturated rings. The van der Waals surface area contributed by atoms with Gasteiger partial charge in [0.15, 0.2) is 11.0 Å². The molecule has 0 aliphatic rings. The van der Waals surface area contributed by atoms with Gasteiger partial charge in [0.05, 0.1) is 38.1 Å². The summed E-state index contributed by atoms with van der Waals surface area (Å²) in [5.41, 5.74) is 1.49. The van der Waals surface area contributed by atoms with Crippen LogP contribution in [0.3, 0.4) is 0 Å². The minimum atomic E-state index is -0.343. The van der Waals surface area contributed by atoms with Crippen LogP contribution >= 0.6 is 11.8 Å². The third kappa shape index (κ3) is 6.48. The molecule has 1 aromatic heterocycles. The maximum Gasteiger partial charge on any atom is 0.234 e. The molecule has 10 heteroatoms. The standard InChI is InChI=1S/C23H27N5O4S/c1-15(24-20(29)13-16-9-11-17(31-3)12-10-16)22-26-27-23(28(22)2)33-14-21(30)25-18-7-5-6-8-19(18)32-4/h5-12,15H,13-14H2,1-4H3,(H,24,29)(H,25,30)/t15-/m0/s1. The summed E-state index contributed by atoms with van der Waals surface area (Å²) in [4.78, 5) is 24.8. The highest BCUT2D eigenvalue weighted by molar-refractivity contribution is 7.99. The number of benzene rings is 2. The Morgan fingerprint density at radius 1 is 1.03 bits per heavy atom. The number of methoxy groups -OCH3 is 2. The Bertz CT molecular complexity index is 1100. The van der Waals surface area contributed by atoms with Gasteiger partial charge in [-0.25, -0.2) is 0 Å². The van der Waals surface area contributed by atoms with Crippen molar-refractivity contribution in [1.82, 2.24) is 20.1 Å². The lowest BCUT2D eigenvalue weighted by atomic mass is 10.1. The highest BCUT2D eigenvalue weighted by atomic mass is 32.2. The first-order chi connectivity index (χ1) is 15.9. The summed E-state index contributed by atoms with van der Waals surface area (Å²) >= 11 is 1.26. The van der Waals surface area contributed by atoms with Gasteiger partial charge < -0.3 is 24.7 Å². The van der Waals surface area contributed by atoms with Gasteiger partial charge in [-0.3, -0.25) is 9.59 Å². The number of carbonyl (C=O) groups excluding carboxylic acids is 2. The van der Waals surface area contributed by atoms with Gasteiger partial charge in [-0.15, -0.1) is 10.2 Å². The van der Waals surface area contributed by atoms with Crippen LogP contribution in [0.5, 0.6) is 11.5 Å². The Labute approximate surface area is 196 Å². The summed E-state index contributed by atoms with van der Waals surface area (Å²) in [5, 5.41) is 14.7. The molecule has 33 heavy (non-hydrogen) atoms. The highest BCUT2D eigenvalue weighted by Gasteiger charge is 2.19. The van der Waals surface area contributed by atoms with Gasteiger partial charge in [0.2, 0.25) is 11.8 Å². The summed E-state index contributed by atoms with van der Waals surface area (Å²) in [7, 11) is 4.96. The lowest BCUT2D eigenvalue weighted by molar-refractivity contribution is -0.121. The Morgan fingerprint density at radius 2 is 1.76 bits per heavy atom. The minimum Gasteiger partial charge on any atom is -0.497 e. The van der Waals surface area contributed by atoms with Crippen LogP contribution in [0.15, 0.2) is 53.7 Å². The maximum atomic E-state index is 12.4. The van der Waals surface area contributed by atoms with Crippen LogP contribution in [0.1, 0.15) is 24.4 Å². The molecule has 1 heterocycles. The zero-order valence-electron chi connectivity index (χ0n) is 19.0. The van der Waals surface area contributed by atoms with Gasteiger partial charge in [0.1, 0.15) is 11.5 Å². The summed E-state index contributed by atoms with van der Waals surface area (Å²) in [5.74, 6) is 1.79. The molecule has 0 radical (unpaired) electrons. The van der Waals surface area contributed by atoms with Crippen molar-refractivity contribution in [3.63, 3.8) is 0 Å². The van der Waals surface area contributed by atoms with E-state index in [0.717, 1.165) is 11.3 Å². The van der Waals surface area contributed by atoms with Crippen LogP contribution in [0.25, 0.3) is 0 Å². The second-order valence-electron chi connectivity index (χ2n) is 7.25. The first-order valence-corrected chi connectivity index (χ1v) is 11.3. The average Bonchev–Trinajstić information content (AvgIpc) is 3.18. The predicted octanol–water partition coefficient (Wildman–Crippen LogP) is 2.98. The molecule has 0 aliphatic heterocycles. The number of nitrogens with one attached hydrogen (secondary N) is 2. The number of para-hydroxylation sites is 2. The van der Waals surface area contributed by atoms with E-state index in [9.17, 15) is 9.59 Å². The van der Waals surface area contributed by atoms with Gasteiger partial charge in [0, 0.05) is 7.05 Å². The fourth-order valence-electron chi connectivity index (χ4n) is 3.18. The second kappa shape index (κ2) is 11.4. The SMILES string of the molecule is COc1ccc(CC(=O)N[C@@H](C)c2nnc(SCC(=O)Nc3ccccc3OC)n2C)cc1. The molecule has 174 valence electrons. The number of anilines is 1. The Balaban J connectivity index is 1.53. The van der Waals surface area contributed by atoms with Crippen molar-refractivity contribution in [2.45, 2.75) is 24.5 Å². The monoisotopic (exact) mass is 469 g/mol. The van der Waals surface area contributed by atoms with E-state index >= 15 is 0 Å². The fourth-order valence-corrected chi connectivity index (χ4v) is 3.90. The van der Waals surface area contributed by atoms with E-state index < -0.39 is 0 Å². The number of ether oxygens (including phenoxy) is 2. The largest absolute Gasteiger partial charge is 0.497 e. The topological polar surface area (TPSA) is 107 Å². The van der Waals surface area contributed by atoms with Gasteiger partial charge >= 0.3 is 0 Å². The van der Waals surface area contributed by atoms with E-state index in [1.165, 1.54) is 11.8 Å². The van der Waals surface area contributed by atoms with Crippen LogP contribution in [0, 0.1) is 0 Å². The molecule has 0 saturated heterocycles. The molecule has 0 saturated carbocycles. The zero-order chi connectivity index (χ0) is 23.8. The van der Waals surface area contributed by atoms with Gasteiger partial charge in [0.25, 0.3) is 0 Å². The van der Waals surface area contributed by atoms with Crippen LogP contribution in [-0.4, -0.2) is 46.6 Å². The lowest BCUT2D eigenvalue weighted by Gasteiger charge is -2.14. The summed E-state index contributed by atoms with van der Waals surface area (Å²) in [6.45, 7) is 1.85. The van der Waals surface area contributed by atoms with Crippen molar-refractivity contribution in [3.8, 4) is 11.5 Å². The fraction of sp³-hybridized carbons (Fsp3) is 0.304. The van der Waals surface area contributed by atoms with Crippen molar-refractivity contribution in [3.05, 3.63) is 59.9 Å². The molecule has 0 unspecified atom stereocenters. The first kappa shape index (κ1) is 24.1. The van der Waals surface area contributed by atoms with Crippen LogP contribution in [0.2, 0.25) is 0 Å². The minimum absolute atomic E-state index is 0.124. The number of thioether (sulfide) groups is 1. The summed E-state index contributed by atoms with van der Waals surface area (Å²) in [6, 6.07) is 14.2. The second-order valence-corrected chi connectivity index (χ2v) is 8.19. The molecular weight excluding hydrogens is 442 g/mol. The number of amides is 2. The number of carbonyl (C=O) groups is 2. The molecule has 2 amide bonds. The lowest BCUT2D eigenvalue weighted by Crippen LogP contribution is -2.29. The van der Waals surface area contributed by atoms with E-state index in [-0.39, 0.29) is 30.0 Å². The molecular formula is C23H27N5O4S. The molecule has 2 N–H and O–H groups in total. The smallest absolute Gasteiger partial charge is 0.234 e. The number of rotatable bonds is 10. The molecule has 9 nitrogen and oxygen atoms in total. The molecule has 0 aliphatic carbocycles. The Morgan fingerprint density at radius 3 is 2.45 bits per heavy atom. The number of aromatic nitrogens is 3. The van der Waals surface area contributed by atoms with Crippen molar-refractivity contribution in [2.75, 3.05) is 25.3 Å². The molecule has 2 aromatic carbocycles. The summed E-state index contributed by atoms with van der Waals surface area (Å²) in [6.07, 6.45) is 0.247.